The summed E-state index contributed by atoms with van der Waals surface area (Å²) in [7, 11) is 1.82. The quantitative estimate of drug-likeness (QED) is 0.680. The predicted octanol–water partition coefficient (Wildman–Crippen LogP) is 3.49. The highest BCUT2D eigenvalue weighted by Crippen LogP contribution is 2.43. The van der Waals surface area contributed by atoms with Crippen LogP contribution in [0.3, 0.4) is 0 Å². The Morgan fingerprint density at radius 1 is 1.27 bits per heavy atom. The molecule has 2 atom stereocenters. The molecule has 0 fully saturated rings. The summed E-state index contributed by atoms with van der Waals surface area (Å²) in [5, 5.41) is 0. The van der Waals surface area contributed by atoms with Gasteiger partial charge in [-0.05, 0) is 23.0 Å². The van der Waals surface area contributed by atoms with Gasteiger partial charge in [0.05, 0.1) is 6.10 Å². The van der Waals surface area contributed by atoms with Gasteiger partial charge >= 0.3 is 0 Å². The van der Waals surface area contributed by atoms with Crippen molar-refractivity contribution in [1.29, 1.82) is 0 Å². The molecule has 1 aromatic rings. The van der Waals surface area contributed by atoms with E-state index in [1.165, 1.54) is 11.1 Å². The second-order valence-corrected chi connectivity index (χ2v) is 5.24. The van der Waals surface area contributed by atoms with Gasteiger partial charge in [-0.15, -0.1) is 0 Å². The van der Waals surface area contributed by atoms with Crippen molar-refractivity contribution < 1.29 is 4.74 Å². The second-order valence-electron chi connectivity index (χ2n) is 5.24. The zero-order valence-corrected chi connectivity index (χ0v) is 10.1. The van der Waals surface area contributed by atoms with Crippen molar-refractivity contribution in [2.75, 3.05) is 7.11 Å². The highest BCUT2D eigenvalue weighted by molar-refractivity contribution is 5.39. The molecule has 82 valence electrons. The van der Waals surface area contributed by atoms with E-state index in [0.717, 1.165) is 6.42 Å². The molecule has 0 N–H and O–H groups in total. The van der Waals surface area contributed by atoms with E-state index < -0.39 is 0 Å². The second kappa shape index (κ2) is 3.64. The first-order valence-electron chi connectivity index (χ1n) is 5.68. The summed E-state index contributed by atoms with van der Waals surface area (Å²) in [4.78, 5) is 0. The van der Waals surface area contributed by atoms with Gasteiger partial charge in [0.25, 0.3) is 0 Å². The van der Waals surface area contributed by atoms with Crippen molar-refractivity contribution in [3.63, 3.8) is 0 Å². The highest BCUT2D eigenvalue weighted by Gasteiger charge is 2.36. The van der Waals surface area contributed by atoms with Crippen LogP contribution >= 0.6 is 0 Å². The average molecular weight is 204 g/mol. The third kappa shape index (κ3) is 1.69. The SMILES string of the molecule is COC1CC(C)(C)c2ccccc2C1C. The van der Waals surface area contributed by atoms with E-state index in [1.807, 2.05) is 7.11 Å². The minimum atomic E-state index is 0.240. The number of rotatable bonds is 1. The summed E-state index contributed by atoms with van der Waals surface area (Å²) in [5.41, 5.74) is 3.19. The van der Waals surface area contributed by atoms with Crippen LogP contribution in [0.1, 0.15) is 44.2 Å². The van der Waals surface area contributed by atoms with E-state index in [9.17, 15) is 0 Å². The molecule has 2 unspecified atom stereocenters. The van der Waals surface area contributed by atoms with Crippen LogP contribution in [0.4, 0.5) is 0 Å². The van der Waals surface area contributed by atoms with E-state index in [-0.39, 0.29) is 5.41 Å². The third-order valence-corrected chi connectivity index (χ3v) is 3.75. The van der Waals surface area contributed by atoms with Crippen LogP contribution in [0.2, 0.25) is 0 Å². The van der Waals surface area contributed by atoms with E-state index in [0.29, 0.717) is 12.0 Å². The topological polar surface area (TPSA) is 9.23 Å². The summed E-state index contributed by atoms with van der Waals surface area (Å²) in [6.45, 7) is 6.88. The van der Waals surface area contributed by atoms with E-state index in [2.05, 4.69) is 45.0 Å². The lowest BCUT2D eigenvalue weighted by atomic mass is 9.68. The van der Waals surface area contributed by atoms with Crippen molar-refractivity contribution in [3.05, 3.63) is 35.4 Å². The lowest BCUT2D eigenvalue weighted by Gasteiger charge is -2.40. The number of ether oxygens (including phenoxy) is 1. The monoisotopic (exact) mass is 204 g/mol. The zero-order valence-electron chi connectivity index (χ0n) is 10.1. The zero-order chi connectivity index (χ0) is 11.1. The molecule has 1 aliphatic carbocycles. The first-order chi connectivity index (χ1) is 7.06. The third-order valence-electron chi connectivity index (χ3n) is 3.75. The van der Waals surface area contributed by atoms with Crippen LogP contribution in [0.5, 0.6) is 0 Å². The number of fused-ring (bicyclic) bond motifs is 1. The lowest BCUT2D eigenvalue weighted by molar-refractivity contribution is 0.0510. The van der Waals surface area contributed by atoms with Crippen molar-refractivity contribution in [2.45, 2.75) is 44.6 Å². The molecule has 2 rings (SSSR count). The molecule has 0 saturated carbocycles. The van der Waals surface area contributed by atoms with Crippen LogP contribution in [-0.2, 0) is 10.2 Å². The molecular formula is C14H20O. The largest absolute Gasteiger partial charge is 0.381 e. The van der Waals surface area contributed by atoms with Gasteiger partial charge in [-0.2, -0.15) is 0 Å². The van der Waals surface area contributed by atoms with Crippen molar-refractivity contribution >= 4 is 0 Å². The molecule has 1 heteroatoms. The highest BCUT2D eigenvalue weighted by atomic mass is 16.5. The normalized spacial score (nSPS) is 28.5. The standard InChI is InChI=1S/C14H20O/c1-10-11-7-5-6-8-12(11)14(2,3)9-13(10)15-4/h5-8,10,13H,9H2,1-4H3. The first-order valence-corrected chi connectivity index (χ1v) is 5.68. The Bertz CT molecular complexity index is 354. The molecule has 0 radical (unpaired) electrons. The molecule has 0 aromatic heterocycles. The van der Waals surface area contributed by atoms with Gasteiger partial charge in [-0.1, -0.05) is 45.0 Å². The van der Waals surface area contributed by atoms with E-state index >= 15 is 0 Å². The molecule has 0 amide bonds. The molecule has 1 nitrogen and oxygen atoms in total. The minimum absolute atomic E-state index is 0.240. The van der Waals surface area contributed by atoms with Crippen molar-refractivity contribution in [2.24, 2.45) is 0 Å². The van der Waals surface area contributed by atoms with Crippen LogP contribution in [0.15, 0.2) is 24.3 Å². The van der Waals surface area contributed by atoms with Crippen LogP contribution in [0, 0.1) is 0 Å². The first kappa shape index (κ1) is 10.7. The lowest BCUT2D eigenvalue weighted by Crippen LogP contribution is -2.36. The van der Waals surface area contributed by atoms with Crippen molar-refractivity contribution in [3.8, 4) is 0 Å². The van der Waals surface area contributed by atoms with Gasteiger partial charge < -0.3 is 4.74 Å². The molecule has 0 bridgehead atoms. The molecule has 0 saturated heterocycles. The van der Waals surface area contributed by atoms with E-state index in [4.69, 9.17) is 4.74 Å². The summed E-state index contributed by atoms with van der Waals surface area (Å²) in [6, 6.07) is 8.77. The summed E-state index contributed by atoms with van der Waals surface area (Å²) < 4.78 is 5.60. The van der Waals surface area contributed by atoms with Crippen LogP contribution in [0.25, 0.3) is 0 Å². The Labute approximate surface area is 92.5 Å². The molecule has 15 heavy (non-hydrogen) atoms. The average Bonchev–Trinajstić information content (AvgIpc) is 2.24. The fraction of sp³-hybridized carbons (Fsp3) is 0.571. The van der Waals surface area contributed by atoms with Crippen molar-refractivity contribution in [1.82, 2.24) is 0 Å². The fourth-order valence-electron chi connectivity index (χ4n) is 2.79. The maximum absolute atomic E-state index is 5.60. The van der Waals surface area contributed by atoms with Gasteiger partial charge in [0.15, 0.2) is 0 Å². The Kier molecular flexibility index (Phi) is 2.59. The number of hydrogen-bond acceptors (Lipinski definition) is 1. The number of hydrogen-bond donors (Lipinski definition) is 0. The molecular weight excluding hydrogens is 184 g/mol. The maximum atomic E-state index is 5.60. The Morgan fingerprint density at radius 3 is 2.60 bits per heavy atom. The molecule has 0 spiro atoms. The minimum Gasteiger partial charge on any atom is -0.381 e. The smallest absolute Gasteiger partial charge is 0.0645 e. The summed E-state index contributed by atoms with van der Waals surface area (Å²) >= 11 is 0. The predicted molar refractivity (Wildman–Crippen MR) is 63.3 cm³/mol. The maximum Gasteiger partial charge on any atom is 0.0645 e. The Morgan fingerprint density at radius 2 is 1.93 bits per heavy atom. The van der Waals surface area contributed by atoms with Crippen LogP contribution < -0.4 is 0 Å². The Hall–Kier alpha value is -0.820. The van der Waals surface area contributed by atoms with Gasteiger partial charge in [0.1, 0.15) is 0 Å². The van der Waals surface area contributed by atoms with Gasteiger partial charge in [0.2, 0.25) is 0 Å². The number of methoxy groups -OCH3 is 1. The van der Waals surface area contributed by atoms with Gasteiger partial charge in [-0.3, -0.25) is 0 Å². The van der Waals surface area contributed by atoms with Crippen LogP contribution in [-0.4, -0.2) is 13.2 Å². The summed E-state index contributed by atoms with van der Waals surface area (Å²) in [5.74, 6) is 0.513. The molecule has 0 heterocycles. The van der Waals surface area contributed by atoms with Gasteiger partial charge in [0, 0.05) is 13.0 Å². The molecule has 0 aliphatic heterocycles. The Balaban J connectivity index is 2.50. The molecule has 1 aliphatic rings. The summed E-state index contributed by atoms with van der Waals surface area (Å²) in [6.07, 6.45) is 1.47. The number of benzene rings is 1. The van der Waals surface area contributed by atoms with Gasteiger partial charge in [-0.25, -0.2) is 0 Å². The fourth-order valence-corrected chi connectivity index (χ4v) is 2.79. The van der Waals surface area contributed by atoms with E-state index in [1.54, 1.807) is 0 Å². The molecule has 1 aromatic carbocycles.